The molecule has 1 aliphatic rings. The van der Waals surface area contributed by atoms with Crippen LogP contribution in [-0.2, 0) is 16.4 Å². The lowest BCUT2D eigenvalue weighted by atomic mass is 10.2. The minimum absolute atomic E-state index is 0.227. The van der Waals surface area contributed by atoms with Crippen molar-refractivity contribution in [1.29, 1.82) is 0 Å². The van der Waals surface area contributed by atoms with Crippen molar-refractivity contribution in [2.45, 2.75) is 37.1 Å². The van der Waals surface area contributed by atoms with E-state index >= 15 is 0 Å². The molecular formula is C17H18N2O3S2. The van der Waals surface area contributed by atoms with Crippen LogP contribution in [0, 0.1) is 0 Å². The number of thiophene rings is 1. The second-order valence-electron chi connectivity index (χ2n) is 5.91. The van der Waals surface area contributed by atoms with E-state index in [4.69, 9.17) is 4.42 Å². The van der Waals surface area contributed by atoms with E-state index in [1.165, 1.54) is 17.5 Å². The Morgan fingerprint density at radius 3 is 3.04 bits per heavy atom. The summed E-state index contributed by atoms with van der Waals surface area (Å²) in [6.45, 7) is 2.53. The highest BCUT2D eigenvalue weighted by Crippen LogP contribution is 2.37. The first kappa shape index (κ1) is 15.8. The number of hydrogen-bond donors (Lipinski definition) is 0. The van der Waals surface area contributed by atoms with Gasteiger partial charge in [0.15, 0.2) is 0 Å². The third kappa shape index (κ3) is 2.56. The van der Waals surface area contributed by atoms with E-state index in [1.54, 1.807) is 10.4 Å². The van der Waals surface area contributed by atoms with Crippen LogP contribution in [0.4, 0.5) is 0 Å². The zero-order chi connectivity index (χ0) is 16.7. The monoisotopic (exact) mass is 362 g/mol. The van der Waals surface area contributed by atoms with Crippen LogP contribution < -0.4 is 0 Å². The topological polar surface area (TPSA) is 63.4 Å². The van der Waals surface area contributed by atoms with Crippen molar-refractivity contribution in [2.24, 2.45) is 0 Å². The molecule has 3 aromatic heterocycles. The summed E-state index contributed by atoms with van der Waals surface area (Å²) in [6, 6.07) is 7.21. The summed E-state index contributed by atoms with van der Waals surface area (Å²) in [5, 5.41) is 1.92. The van der Waals surface area contributed by atoms with Gasteiger partial charge in [-0.05, 0) is 42.5 Å². The molecule has 0 aliphatic carbocycles. The summed E-state index contributed by atoms with van der Waals surface area (Å²) < 4.78 is 34.5. The smallest absolute Gasteiger partial charge is 0.245 e. The second kappa shape index (κ2) is 5.98. The quantitative estimate of drug-likeness (QED) is 0.704. The van der Waals surface area contributed by atoms with Crippen molar-refractivity contribution in [3.05, 3.63) is 47.4 Å². The molecule has 4 heterocycles. The second-order valence-corrected chi connectivity index (χ2v) is 8.74. The van der Waals surface area contributed by atoms with Gasteiger partial charge in [0.2, 0.25) is 10.0 Å². The Labute approximate surface area is 145 Å². The molecule has 1 atom stereocenters. The molecule has 3 aromatic rings. The number of aromatic nitrogens is 1. The third-order valence-electron chi connectivity index (χ3n) is 4.45. The van der Waals surface area contributed by atoms with Crippen LogP contribution in [0.1, 0.15) is 37.3 Å². The lowest BCUT2D eigenvalue weighted by Gasteiger charge is -2.22. The molecule has 0 radical (unpaired) electrons. The number of nitrogens with zero attached hydrogens (tertiary/aromatic N) is 2. The molecule has 0 bridgehead atoms. The summed E-state index contributed by atoms with van der Waals surface area (Å²) in [5.41, 5.74) is 0.829. The molecule has 0 N–H and O–H groups in total. The first-order chi connectivity index (χ1) is 11.6. The largest absolute Gasteiger partial charge is 0.464 e. The van der Waals surface area contributed by atoms with Gasteiger partial charge >= 0.3 is 0 Å². The average Bonchev–Trinajstić information content (AvgIpc) is 3.31. The van der Waals surface area contributed by atoms with Crippen LogP contribution in [0.15, 0.2) is 45.2 Å². The number of pyridine rings is 1. The van der Waals surface area contributed by atoms with Gasteiger partial charge in [-0.2, -0.15) is 4.31 Å². The number of rotatable bonds is 4. The van der Waals surface area contributed by atoms with E-state index in [2.05, 4.69) is 4.98 Å². The van der Waals surface area contributed by atoms with Gasteiger partial charge in [-0.3, -0.25) is 4.98 Å². The minimum Gasteiger partial charge on any atom is -0.464 e. The summed E-state index contributed by atoms with van der Waals surface area (Å²) >= 11 is 1.50. The molecule has 5 nitrogen and oxygen atoms in total. The maximum atomic E-state index is 13.1. The van der Waals surface area contributed by atoms with Crippen LogP contribution in [0.2, 0.25) is 0 Å². The van der Waals surface area contributed by atoms with E-state index in [0.29, 0.717) is 6.54 Å². The predicted octanol–water partition coefficient (Wildman–Crippen LogP) is 3.98. The van der Waals surface area contributed by atoms with Gasteiger partial charge in [-0.25, -0.2) is 8.42 Å². The Morgan fingerprint density at radius 2 is 2.25 bits per heavy atom. The molecule has 0 amide bonds. The zero-order valence-corrected chi connectivity index (χ0v) is 14.9. The first-order valence-electron chi connectivity index (χ1n) is 8.03. The van der Waals surface area contributed by atoms with Gasteiger partial charge < -0.3 is 4.42 Å². The van der Waals surface area contributed by atoms with E-state index in [0.717, 1.165) is 41.0 Å². The fourth-order valence-corrected chi connectivity index (χ4v) is 5.67. The van der Waals surface area contributed by atoms with Gasteiger partial charge in [-0.1, -0.05) is 6.92 Å². The zero-order valence-electron chi connectivity index (χ0n) is 13.3. The molecule has 7 heteroatoms. The highest BCUT2D eigenvalue weighted by atomic mass is 32.2. The lowest BCUT2D eigenvalue weighted by molar-refractivity contribution is 0.331. The van der Waals surface area contributed by atoms with E-state index in [-0.39, 0.29) is 10.9 Å². The molecule has 0 saturated carbocycles. The molecule has 24 heavy (non-hydrogen) atoms. The van der Waals surface area contributed by atoms with Gasteiger partial charge in [0.25, 0.3) is 0 Å². The fourth-order valence-electron chi connectivity index (χ4n) is 3.18. The number of furan rings is 1. The van der Waals surface area contributed by atoms with E-state index in [9.17, 15) is 8.42 Å². The number of hydrogen-bond acceptors (Lipinski definition) is 5. The van der Waals surface area contributed by atoms with Crippen LogP contribution >= 0.6 is 11.3 Å². The van der Waals surface area contributed by atoms with Gasteiger partial charge in [-0.15, -0.1) is 11.3 Å². The Balaban J connectivity index is 1.71. The molecule has 4 rings (SSSR count). The van der Waals surface area contributed by atoms with Crippen molar-refractivity contribution < 1.29 is 12.8 Å². The summed E-state index contributed by atoms with van der Waals surface area (Å²) in [4.78, 5) is 4.53. The molecule has 1 aliphatic heterocycles. The van der Waals surface area contributed by atoms with Gasteiger partial charge in [0.1, 0.15) is 16.4 Å². The summed E-state index contributed by atoms with van der Waals surface area (Å²) in [7, 11) is -3.59. The highest BCUT2D eigenvalue weighted by molar-refractivity contribution is 7.89. The SMILES string of the molecule is CCc1ccc(C2CCCN2S(=O)(=O)c2cnc3ccsc3c2)o1. The van der Waals surface area contributed by atoms with E-state index in [1.807, 2.05) is 30.5 Å². The fraction of sp³-hybridized carbons (Fsp3) is 0.353. The maximum absolute atomic E-state index is 13.1. The summed E-state index contributed by atoms with van der Waals surface area (Å²) in [6.07, 6.45) is 3.88. The Morgan fingerprint density at radius 1 is 1.38 bits per heavy atom. The predicted molar refractivity (Wildman–Crippen MR) is 93.6 cm³/mol. The van der Waals surface area contributed by atoms with Crippen molar-refractivity contribution in [2.75, 3.05) is 6.54 Å². The van der Waals surface area contributed by atoms with Crippen LogP contribution in [0.5, 0.6) is 0 Å². The highest BCUT2D eigenvalue weighted by Gasteiger charge is 2.38. The first-order valence-corrected chi connectivity index (χ1v) is 10.4. The molecular weight excluding hydrogens is 344 g/mol. The molecule has 1 unspecified atom stereocenters. The van der Waals surface area contributed by atoms with Crippen LogP contribution in [0.3, 0.4) is 0 Å². The summed E-state index contributed by atoms with van der Waals surface area (Å²) in [5.74, 6) is 1.62. The van der Waals surface area contributed by atoms with Crippen molar-refractivity contribution >= 4 is 31.6 Å². The van der Waals surface area contributed by atoms with Crippen LogP contribution in [-0.4, -0.2) is 24.3 Å². The number of sulfonamides is 1. The van der Waals surface area contributed by atoms with Gasteiger partial charge in [0.05, 0.1) is 16.3 Å². The molecule has 1 saturated heterocycles. The Kier molecular flexibility index (Phi) is 3.94. The van der Waals surface area contributed by atoms with Crippen molar-refractivity contribution in [3.8, 4) is 0 Å². The van der Waals surface area contributed by atoms with Gasteiger partial charge in [0, 0.05) is 19.2 Å². The van der Waals surface area contributed by atoms with Crippen LogP contribution in [0.25, 0.3) is 10.2 Å². The third-order valence-corrected chi connectivity index (χ3v) is 7.17. The van der Waals surface area contributed by atoms with E-state index < -0.39 is 10.0 Å². The number of aryl methyl sites for hydroxylation is 1. The Hall–Kier alpha value is -1.70. The number of fused-ring (bicyclic) bond motifs is 1. The molecule has 0 spiro atoms. The van der Waals surface area contributed by atoms with Crippen molar-refractivity contribution in [3.63, 3.8) is 0 Å². The van der Waals surface area contributed by atoms with Crippen molar-refractivity contribution in [1.82, 2.24) is 9.29 Å². The molecule has 0 aromatic carbocycles. The Bertz CT molecular complexity index is 975. The molecule has 126 valence electrons. The normalized spacial score (nSPS) is 19.3. The lowest BCUT2D eigenvalue weighted by Crippen LogP contribution is -2.30. The maximum Gasteiger partial charge on any atom is 0.245 e. The standard InChI is InChI=1S/C17H18N2O3S2/c1-2-12-5-6-16(22-12)15-4-3-8-19(15)24(20,21)13-10-17-14(18-11-13)7-9-23-17/h5-7,9-11,15H,2-4,8H2,1H3. The average molecular weight is 362 g/mol. The molecule has 1 fully saturated rings. The minimum atomic E-state index is -3.59.